The number of phenolic OH excluding ortho intramolecular Hbond substituents is 1. The Labute approximate surface area is 135 Å². The highest BCUT2D eigenvalue weighted by Crippen LogP contribution is 2.25. The molecule has 0 unspecified atom stereocenters. The second-order valence-electron chi connectivity index (χ2n) is 5.74. The predicted molar refractivity (Wildman–Crippen MR) is 94.9 cm³/mol. The lowest BCUT2D eigenvalue weighted by molar-refractivity contribution is 0.104. The van der Waals surface area contributed by atoms with E-state index >= 15 is 0 Å². The predicted octanol–water partition coefficient (Wildman–Crippen LogP) is 5.06. The van der Waals surface area contributed by atoms with Gasteiger partial charge in [-0.2, -0.15) is 0 Å². The van der Waals surface area contributed by atoms with Gasteiger partial charge in [0.2, 0.25) is 0 Å². The Kier molecular flexibility index (Phi) is 3.98. The van der Waals surface area contributed by atoms with Crippen molar-refractivity contribution in [3.8, 4) is 5.75 Å². The summed E-state index contributed by atoms with van der Waals surface area (Å²) >= 11 is 0. The lowest BCUT2D eigenvalue weighted by Crippen LogP contribution is -1.97. The summed E-state index contributed by atoms with van der Waals surface area (Å²) in [5.41, 5.74) is 3.01. The molecule has 0 aromatic heterocycles. The van der Waals surface area contributed by atoms with Crippen molar-refractivity contribution in [2.24, 2.45) is 0 Å². The Bertz CT molecular complexity index is 915. The van der Waals surface area contributed by atoms with Crippen molar-refractivity contribution in [3.63, 3.8) is 0 Å². The summed E-state index contributed by atoms with van der Waals surface area (Å²) in [5.74, 6) is -0.134. The van der Waals surface area contributed by atoms with Crippen LogP contribution in [0.5, 0.6) is 5.75 Å². The van der Waals surface area contributed by atoms with Crippen molar-refractivity contribution in [2.75, 3.05) is 0 Å². The SMILES string of the molecule is Cc1cc(C)c(O)c(C(=O)/C=C/c2cccc3ccccc23)c1. The average molecular weight is 302 g/mol. The molecular formula is C21H18O2. The fourth-order valence-electron chi connectivity index (χ4n) is 2.80. The van der Waals surface area contributed by atoms with E-state index in [1.807, 2.05) is 61.5 Å². The van der Waals surface area contributed by atoms with E-state index in [9.17, 15) is 9.90 Å². The van der Waals surface area contributed by atoms with Crippen molar-refractivity contribution in [1.82, 2.24) is 0 Å². The van der Waals surface area contributed by atoms with E-state index in [-0.39, 0.29) is 11.5 Å². The van der Waals surface area contributed by atoms with E-state index < -0.39 is 0 Å². The maximum atomic E-state index is 12.4. The highest BCUT2D eigenvalue weighted by Gasteiger charge is 2.11. The van der Waals surface area contributed by atoms with Crippen molar-refractivity contribution >= 4 is 22.6 Å². The molecule has 2 nitrogen and oxygen atoms in total. The zero-order valence-corrected chi connectivity index (χ0v) is 13.2. The summed E-state index contributed by atoms with van der Waals surface area (Å²) < 4.78 is 0. The summed E-state index contributed by atoms with van der Waals surface area (Å²) in [7, 11) is 0. The molecule has 1 N–H and O–H groups in total. The molecule has 0 heterocycles. The van der Waals surface area contributed by atoms with Gasteiger partial charge in [-0.05, 0) is 53.5 Å². The monoisotopic (exact) mass is 302 g/mol. The number of carbonyl (C=O) groups is 1. The number of phenols is 1. The van der Waals surface area contributed by atoms with Crippen LogP contribution in [0.1, 0.15) is 27.0 Å². The van der Waals surface area contributed by atoms with Crippen LogP contribution < -0.4 is 0 Å². The van der Waals surface area contributed by atoms with Gasteiger partial charge in [0.25, 0.3) is 0 Å². The van der Waals surface area contributed by atoms with E-state index in [0.29, 0.717) is 11.1 Å². The quantitative estimate of drug-likeness (QED) is 0.542. The number of carbonyl (C=O) groups excluding carboxylic acids is 1. The summed E-state index contributed by atoms with van der Waals surface area (Å²) in [6.07, 6.45) is 3.33. The number of rotatable bonds is 3. The van der Waals surface area contributed by atoms with Crippen LogP contribution >= 0.6 is 0 Å². The minimum atomic E-state index is -0.192. The Morgan fingerprint density at radius 2 is 1.74 bits per heavy atom. The molecule has 0 aliphatic carbocycles. The largest absolute Gasteiger partial charge is 0.507 e. The maximum absolute atomic E-state index is 12.4. The van der Waals surface area contributed by atoms with Crippen LogP contribution in [0.3, 0.4) is 0 Å². The first-order chi connectivity index (χ1) is 11.1. The third-order valence-corrected chi connectivity index (χ3v) is 3.95. The normalized spacial score (nSPS) is 11.2. The molecular weight excluding hydrogens is 284 g/mol. The van der Waals surface area contributed by atoms with Crippen LogP contribution in [-0.2, 0) is 0 Å². The van der Waals surface area contributed by atoms with Gasteiger partial charge >= 0.3 is 0 Å². The van der Waals surface area contributed by atoms with E-state index in [0.717, 1.165) is 21.9 Å². The molecule has 0 amide bonds. The van der Waals surface area contributed by atoms with Crippen LogP contribution in [0.25, 0.3) is 16.8 Å². The third kappa shape index (κ3) is 3.02. The average Bonchev–Trinajstić information content (AvgIpc) is 2.55. The Morgan fingerprint density at radius 3 is 2.57 bits per heavy atom. The number of hydrogen-bond acceptors (Lipinski definition) is 2. The lowest BCUT2D eigenvalue weighted by atomic mass is 10.0. The summed E-state index contributed by atoms with van der Waals surface area (Å²) in [5, 5.41) is 12.3. The molecule has 114 valence electrons. The molecule has 2 heteroatoms. The van der Waals surface area contributed by atoms with E-state index in [4.69, 9.17) is 0 Å². The van der Waals surface area contributed by atoms with Crippen LogP contribution in [0.2, 0.25) is 0 Å². The molecule has 0 aliphatic rings. The molecule has 0 saturated carbocycles. The Balaban J connectivity index is 1.98. The van der Waals surface area contributed by atoms with Crippen LogP contribution in [0.15, 0.2) is 60.7 Å². The van der Waals surface area contributed by atoms with E-state index in [1.54, 1.807) is 13.0 Å². The fourth-order valence-corrected chi connectivity index (χ4v) is 2.80. The van der Waals surface area contributed by atoms with Crippen LogP contribution in [0.4, 0.5) is 0 Å². The van der Waals surface area contributed by atoms with Gasteiger partial charge in [0.1, 0.15) is 5.75 Å². The molecule has 3 aromatic rings. The maximum Gasteiger partial charge on any atom is 0.189 e. The molecule has 0 radical (unpaired) electrons. The number of aryl methyl sites for hydroxylation is 2. The second kappa shape index (κ2) is 6.09. The van der Waals surface area contributed by atoms with E-state index in [2.05, 4.69) is 0 Å². The van der Waals surface area contributed by atoms with Gasteiger partial charge in [0, 0.05) is 0 Å². The number of aromatic hydroxyl groups is 1. The smallest absolute Gasteiger partial charge is 0.189 e. The van der Waals surface area contributed by atoms with Crippen molar-refractivity contribution in [1.29, 1.82) is 0 Å². The number of hydrogen-bond donors (Lipinski definition) is 1. The standard InChI is InChI=1S/C21H18O2/c1-14-12-15(2)21(23)19(13-14)20(22)11-10-17-8-5-7-16-6-3-4-9-18(16)17/h3-13,23H,1-2H3/b11-10+. The van der Waals surface area contributed by atoms with Gasteiger partial charge in [-0.3, -0.25) is 4.79 Å². The number of allylic oxidation sites excluding steroid dienone is 1. The number of ketones is 1. The van der Waals surface area contributed by atoms with Gasteiger partial charge < -0.3 is 5.11 Å². The number of benzene rings is 3. The summed E-state index contributed by atoms with van der Waals surface area (Å²) in [6, 6.07) is 17.6. The molecule has 0 spiro atoms. The minimum Gasteiger partial charge on any atom is -0.507 e. The Hall–Kier alpha value is -2.87. The molecule has 0 saturated heterocycles. The summed E-state index contributed by atoms with van der Waals surface area (Å²) in [4.78, 5) is 12.4. The lowest BCUT2D eigenvalue weighted by Gasteiger charge is -2.06. The summed E-state index contributed by atoms with van der Waals surface area (Å²) in [6.45, 7) is 3.71. The fraction of sp³-hybridized carbons (Fsp3) is 0.0952. The second-order valence-corrected chi connectivity index (χ2v) is 5.74. The zero-order valence-electron chi connectivity index (χ0n) is 13.2. The van der Waals surface area contributed by atoms with Crippen LogP contribution in [0, 0.1) is 13.8 Å². The molecule has 0 atom stereocenters. The van der Waals surface area contributed by atoms with Gasteiger partial charge in [0.15, 0.2) is 5.78 Å². The molecule has 0 bridgehead atoms. The van der Waals surface area contributed by atoms with Crippen LogP contribution in [-0.4, -0.2) is 10.9 Å². The Morgan fingerprint density at radius 1 is 1.00 bits per heavy atom. The molecule has 0 fully saturated rings. The third-order valence-electron chi connectivity index (χ3n) is 3.95. The molecule has 3 rings (SSSR count). The molecule has 23 heavy (non-hydrogen) atoms. The van der Waals surface area contributed by atoms with Crippen molar-refractivity contribution < 1.29 is 9.90 Å². The first kappa shape index (κ1) is 15.0. The highest BCUT2D eigenvalue weighted by molar-refractivity contribution is 6.09. The first-order valence-corrected chi connectivity index (χ1v) is 7.56. The highest BCUT2D eigenvalue weighted by atomic mass is 16.3. The number of fused-ring (bicyclic) bond motifs is 1. The molecule has 0 aliphatic heterocycles. The zero-order chi connectivity index (χ0) is 16.4. The first-order valence-electron chi connectivity index (χ1n) is 7.56. The van der Waals surface area contributed by atoms with Gasteiger partial charge in [-0.25, -0.2) is 0 Å². The topological polar surface area (TPSA) is 37.3 Å². The minimum absolute atomic E-state index is 0.0585. The molecule has 3 aromatic carbocycles. The van der Waals surface area contributed by atoms with Crippen molar-refractivity contribution in [2.45, 2.75) is 13.8 Å². The van der Waals surface area contributed by atoms with Gasteiger partial charge in [0.05, 0.1) is 5.56 Å². The van der Waals surface area contributed by atoms with Crippen molar-refractivity contribution in [3.05, 3.63) is 82.9 Å². The van der Waals surface area contributed by atoms with Gasteiger partial charge in [-0.15, -0.1) is 0 Å². The van der Waals surface area contributed by atoms with Gasteiger partial charge in [-0.1, -0.05) is 54.6 Å². The van der Waals surface area contributed by atoms with E-state index in [1.165, 1.54) is 6.08 Å².